The number of nitrogens with one attached hydrogen (secondary N) is 1. The van der Waals surface area contributed by atoms with Crippen molar-refractivity contribution in [3.8, 4) is 0 Å². The van der Waals surface area contributed by atoms with Crippen LogP contribution in [-0.2, 0) is 17.8 Å². The first-order valence-electron chi connectivity index (χ1n) is 4.62. The second-order valence-electron chi connectivity index (χ2n) is 3.14. The topological polar surface area (TPSA) is 21.3 Å². The zero-order valence-electron chi connectivity index (χ0n) is 8.55. The van der Waals surface area contributed by atoms with E-state index in [1.54, 1.807) is 7.11 Å². The number of hydrogen-bond acceptors (Lipinski definition) is 2. The highest BCUT2D eigenvalue weighted by molar-refractivity contribution is 5.30. The normalized spacial score (nSPS) is 10.4. The molecule has 0 radical (unpaired) electrons. The van der Waals surface area contributed by atoms with Gasteiger partial charge in [-0.1, -0.05) is 25.1 Å². The minimum absolute atomic E-state index is 0.768. The number of rotatable bonds is 4. The lowest BCUT2D eigenvalue weighted by Gasteiger charge is -2.07. The Morgan fingerprint density at radius 2 is 2.15 bits per heavy atom. The summed E-state index contributed by atoms with van der Waals surface area (Å²) >= 11 is 0. The number of benzene rings is 1. The summed E-state index contributed by atoms with van der Waals surface area (Å²) in [7, 11) is 1.63. The predicted octanol–water partition coefficient (Wildman–Crippen LogP) is 2.21. The van der Waals surface area contributed by atoms with Crippen LogP contribution in [-0.4, -0.2) is 7.11 Å². The van der Waals surface area contributed by atoms with Gasteiger partial charge < -0.3 is 4.84 Å². The number of aryl methyl sites for hydroxylation is 2. The lowest BCUT2D eigenvalue weighted by Crippen LogP contribution is -2.10. The van der Waals surface area contributed by atoms with Crippen molar-refractivity contribution in [1.82, 2.24) is 5.48 Å². The molecular weight excluding hydrogens is 162 g/mol. The van der Waals surface area contributed by atoms with Crippen molar-refractivity contribution in [1.29, 1.82) is 0 Å². The Balaban J connectivity index is 2.74. The standard InChI is InChI=1S/C11H17NO/c1-4-11-7-10(8-12-13-3)6-5-9(11)2/h5-7,12H,4,8H2,1-3H3. The molecule has 1 N–H and O–H groups in total. The Hall–Kier alpha value is -0.860. The highest BCUT2D eigenvalue weighted by Crippen LogP contribution is 2.11. The zero-order chi connectivity index (χ0) is 9.68. The van der Waals surface area contributed by atoms with Gasteiger partial charge in [0, 0.05) is 6.54 Å². The maximum absolute atomic E-state index is 4.80. The van der Waals surface area contributed by atoms with Gasteiger partial charge in [-0.05, 0) is 30.0 Å². The second-order valence-corrected chi connectivity index (χ2v) is 3.14. The predicted molar refractivity (Wildman–Crippen MR) is 54.4 cm³/mol. The molecule has 1 aromatic carbocycles. The molecule has 0 aromatic heterocycles. The molecule has 0 atom stereocenters. The van der Waals surface area contributed by atoms with Gasteiger partial charge in [-0.2, -0.15) is 5.48 Å². The Kier molecular flexibility index (Phi) is 3.93. The van der Waals surface area contributed by atoms with Crippen LogP contribution in [0.1, 0.15) is 23.6 Å². The maximum atomic E-state index is 4.80. The van der Waals surface area contributed by atoms with E-state index in [-0.39, 0.29) is 0 Å². The Bertz CT molecular complexity index is 271. The molecular formula is C11H17NO. The largest absolute Gasteiger partial charge is 0.305 e. The van der Waals surface area contributed by atoms with Crippen molar-refractivity contribution in [2.75, 3.05) is 7.11 Å². The molecule has 0 amide bonds. The van der Waals surface area contributed by atoms with Gasteiger partial charge in [0.05, 0.1) is 7.11 Å². The van der Waals surface area contributed by atoms with E-state index in [1.807, 2.05) is 0 Å². The molecule has 0 unspecified atom stereocenters. The van der Waals surface area contributed by atoms with E-state index in [9.17, 15) is 0 Å². The highest BCUT2D eigenvalue weighted by atomic mass is 16.6. The molecule has 13 heavy (non-hydrogen) atoms. The van der Waals surface area contributed by atoms with Crippen molar-refractivity contribution >= 4 is 0 Å². The minimum Gasteiger partial charge on any atom is -0.305 e. The quantitative estimate of drug-likeness (QED) is 0.715. The van der Waals surface area contributed by atoms with Crippen LogP contribution in [0.15, 0.2) is 18.2 Å². The average molecular weight is 179 g/mol. The molecule has 0 saturated carbocycles. The van der Waals surface area contributed by atoms with Crippen LogP contribution in [0.3, 0.4) is 0 Å². The van der Waals surface area contributed by atoms with Crippen LogP contribution in [0.4, 0.5) is 0 Å². The first kappa shape index (κ1) is 10.2. The van der Waals surface area contributed by atoms with Gasteiger partial charge in [-0.3, -0.25) is 0 Å². The van der Waals surface area contributed by atoms with Crippen LogP contribution in [0, 0.1) is 6.92 Å². The molecule has 1 aromatic rings. The summed E-state index contributed by atoms with van der Waals surface area (Å²) in [6.45, 7) is 5.09. The smallest absolute Gasteiger partial charge is 0.0572 e. The van der Waals surface area contributed by atoms with Gasteiger partial charge in [-0.15, -0.1) is 0 Å². The number of hydrogen-bond donors (Lipinski definition) is 1. The van der Waals surface area contributed by atoms with Gasteiger partial charge in [0.15, 0.2) is 0 Å². The monoisotopic (exact) mass is 179 g/mol. The van der Waals surface area contributed by atoms with E-state index < -0.39 is 0 Å². The molecule has 72 valence electrons. The highest BCUT2D eigenvalue weighted by Gasteiger charge is 1.97. The van der Waals surface area contributed by atoms with E-state index in [0.717, 1.165) is 13.0 Å². The fraction of sp³-hybridized carbons (Fsp3) is 0.455. The third-order valence-corrected chi connectivity index (χ3v) is 2.22. The van der Waals surface area contributed by atoms with E-state index in [2.05, 4.69) is 37.5 Å². The third-order valence-electron chi connectivity index (χ3n) is 2.22. The first-order valence-corrected chi connectivity index (χ1v) is 4.62. The SMILES string of the molecule is CCc1cc(CNOC)ccc1C. The van der Waals surface area contributed by atoms with Crippen LogP contribution in [0.25, 0.3) is 0 Å². The van der Waals surface area contributed by atoms with E-state index in [0.29, 0.717) is 0 Å². The molecule has 0 aliphatic rings. The summed E-state index contributed by atoms with van der Waals surface area (Å²) in [4.78, 5) is 4.80. The Labute approximate surface area is 79.9 Å². The van der Waals surface area contributed by atoms with Crippen molar-refractivity contribution in [2.45, 2.75) is 26.8 Å². The Morgan fingerprint density at radius 3 is 2.77 bits per heavy atom. The van der Waals surface area contributed by atoms with Crippen LogP contribution < -0.4 is 5.48 Å². The van der Waals surface area contributed by atoms with Crippen LogP contribution in [0.2, 0.25) is 0 Å². The van der Waals surface area contributed by atoms with Crippen molar-refractivity contribution in [3.63, 3.8) is 0 Å². The fourth-order valence-electron chi connectivity index (χ4n) is 1.37. The lowest BCUT2D eigenvalue weighted by atomic mass is 10.0. The van der Waals surface area contributed by atoms with Crippen molar-refractivity contribution < 1.29 is 4.84 Å². The van der Waals surface area contributed by atoms with Gasteiger partial charge in [0.1, 0.15) is 0 Å². The van der Waals surface area contributed by atoms with E-state index in [1.165, 1.54) is 16.7 Å². The maximum Gasteiger partial charge on any atom is 0.0572 e. The minimum atomic E-state index is 0.768. The van der Waals surface area contributed by atoms with E-state index in [4.69, 9.17) is 4.84 Å². The molecule has 2 heteroatoms. The third kappa shape index (κ3) is 2.83. The second kappa shape index (κ2) is 5.00. The van der Waals surface area contributed by atoms with Gasteiger partial charge in [-0.25, -0.2) is 0 Å². The molecule has 1 rings (SSSR count). The molecule has 0 aliphatic carbocycles. The first-order chi connectivity index (χ1) is 6.27. The Morgan fingerprint density at radius 1 is 1.38 bits per heavy atom. The summed E-state index contributed by atoms with van der Waals surface area (Å²) < 4.78 is 0. The summed E-state index contributed by atoms with van der Waals surface area (Å²) in [5.74, 6) is 0. The zero-order valence-corrected chi connectivity index (χ0v) is 8.55. The fourth-order valence-corrected chi connectivity index (χ4v) is 1.37. The molecule has 2 nitrogen and oxygen atoms in total. The number of hydroxylamine groups is 1. The summed E-state index contributed by atoms with van der Waals surface area (Å²) in [5, 5.41) is 0. The average Bonchev–Trinajstić information content (AvgIpc) is 2.16. The lowest BCUT2D eigenvalue weighted by molar-refractivity contribution is 0.0867. The van der Waals surface area contributed by atoms with Crippen molar-refractivity contribution in [2.24, 2.45) is 0 Å². The van der Waals surface area contributed by atoms with E-state index >= 15 is 0 Å². The van der Waals surface area contributed by atoms with Gasteiger partial charge in [0.2, 0.25) is 0 Å². The summed E-state index contributed by atoms with van der Waals surface area (Å²) in [6, 6.07) is 6.51. The summed E-state index contributed by atoms with van der Waals surface area (Å²) in [5.41, 5.74) is 6.88. The molecule has 0 heterocycles. The van der Waals surface area contributed by atoms with Crippen LogP contribution >= 0.6 is 0 Å². The molecule has 0 aliphatic heterocycles. The molecule has 0 saturated heterocycles. The summed E-state index contributed by atoms with van der Waals surface area (Å²) in [6.07, 6.45) is 1.09. The molecule has 0 bridgehead atoms. The van der Waals surface area contributed by atoms with Gasteiger partial charge in [0.25, 0.3) is 0 Å². The molecule has 0 fully saturated rings. The van der Waals surface area contributed by atoms with Crippen molar-refractivity contribution in [3.05, 3.63) is 34.9 Å². The van der Waals surface area contributed by atoms with Crippen LogP contribution in [0.5, 0.6) is 0 Å². The molecule has 0 spiro atoms. The van der Waals surface area contributed by atoms with Gasteiger partial charge >= 0.3 is 0 Å².